The van der Waals surface area contributed by atoms with E-state index in [2.05, 4.69) is 10.3 Å². The Morgan fingerprint density at radius 2 is 2.24 bits per heavy atom. The van der Waals surface area contributed by atoms with Gasteiger partial charge in [-0.25, -0.2) is 0 Å². The fourth-order valence-corrected chi connectivity index (χ4v) is 2.54. The molecule has 0 bridgehead atoms. The van der Waals surface area contributed by atoms with Crippen LogP contribution in [-0.4, -0.2) is 64.2 Å². The van der Waals surface area contributed by atoms with E-state index in [-0.39, 0.29) is 6.10 Å². The van der Waals surface area contributed by atoms with Crippen LogP contribution in [0.4, 0.5) is 0 Å². The normalized spacial score (nSPS) is 23.9. The number of hydrogen-bond donors (Lipinski definition) is 1. The zero-order chi connectivity index (χ0) is 12.5. The summed E-state index contributed by atoms with van der Waals surface area (Å²) in [6.07, 6.45) is 1.06. The second-order valence-electron chi connectivity index (χ2n) is 3.89. The third-order valence-electron chi connectivity index (χ3n) is 2.54. The average Bonchev–Trinajstić information content (AvgIpc) is 2.80. The smallest absolute Gasteiger partial charge is 0.156 e. The Kier molecular flexibility index (Phi) is 7.59. The number of nitrogens with zero attached hydrogens (tertiary/aromatic N) is 1. The maximum absolute atomic E-state index is 5.25. The second kappa shape index (κ2) is 8.74. The Balaban J connectivity index is 2.26. The van der Waals surface area contributed by atoms with Crippen LogP contribution in [0.1, 0.15) is 6.42 Å². The van der Waals surface area contributed by atoms with Gasteiger partial charge >= 0.3 is 0 Å². The number of aliphatic imine (C=N–C) groups is 1. The van der Waals surface area contributed by atoms with Crippen molar-refractivity contribution in [1.29, 1.82) is 0 Å². The first-order valence-electron chi connectivity index (χ1n) is 5.74. The molecule has 100 valence electrons. The van der Waals surface area contributed by atoms with E-state index >= 15 is 0 Å². The second-order valence-corrected chi connectivity index (χ2v) is 4.90. The summed E-state index contributed by atoms with van der Waals surface area (Å²) in [5.41, 5.74) is 0. The van der Waals surface area contributed by atoms with Crippen molar-refractivity contribution in [1.82, 2.24) is 5.32 Å². The first-order valence-corrected chi connectivity index (χ1v) is 6.73. The SMILES string of the molecule is COCCC1CSC(=NCC(COC)OC)N1. The topological polar surface area (TPSA) is 52.1 Å². The van der Waals surface area contributed by atoms with E-state index in [9.17, 15) is 0 Å². The lowest BCUT2D eigenvalue weighted by Crippen LogP contribution is -2.29. The summed E-state index contributed by atoms with van der Waals surface area (Å²) in [5.74, 6) is 1.06. The molecule has 2 atom stereocenters. The van der Waals surface area contributed by atoms with Crippen LogP contribution >= 0.6 is 11.8 Å². The van der Waals surface area contributed by atoms with Gasteiger partial charge in [-0.3, -0.25) is 4.99 Å². The minimum atomic E-state index is 0.0351. The highest BCUT2D eigenvalue weighted by Crippen LogP contribution is 2.16. The predicted molar refractivity (Wildman–Crippen MR) is 70.8 cm³/mol. The largest absolute Gasteiger partial charge is 0.385 e. The minimum Gasteiger partial charge on any atom is -0.385 e. The predicted octanol–water partition coefficient (Wildman–Crippen LogP) is 0.745. The van der Waals surface area contributed by atoms with E-state index in [1.165, 1.54) is 0 Å². The quantitative estimate of drug-likeness (QED) is 0.699. The maximum Gasteiger partial charge on any atom is 0.156 e. The van der Waals surface area contributed by atoms with Crippen molar-refractivity contribution in [2.75, 3.05) is 46.8 Å². The molecule has 0 aromatic heterocycles. The van der Waals surface area contributed by atoms with Crippen LogP contribution in [-0.2, 0) is 14.2 Å². The minimum absolute atomic E-state index is 0.0351. The molecule has 0 radical (unpaired) electrons. The zero-order valence-electron chi connectivity index (χ0n) is 10.8. The average molecular weight is 262 g/mol. The standard InChI is InChI=1S/C11H22N2O3S/c1-14-5-4-9-8-17-11(13-9)12-6-10(16-3)7-15-2/h9-10H,4-8H2,1-3H3,(H,12,13). The van der Waals surface area contributed by atoms with Crippen LogP contribution in [0.5, 0.6) is 0 Å². The molecule has 1 fully saturated rings. The monoisotopic (exact) mass is 262 g/mol. The Labute approximate surface area is 107 Å². The van der Waals surface area contributed by atoms with E-state index in [4.69, 9.17) is 14.2 Å². The van der Waals surface area contributed by atoms with Crippen LogP contribution in [0.25, 0.3) is 0 Å². The fourth-order valence-electron chi connectivity index (χ4n) is 1.51. The Bertz CT molecular complexity index is 239. The Morgan fingerprint density at radius 3 is 2.88 bits per heavy atom. The van der Waals surface area contributed by atoms with Gasteiger partial charge in [0.05, 0.1) is 19.3 Å². The number of nitrogens with one attached hydrogen (secondary N) is 1. The molecule has 0 saturated carbocycles. The van der Waals surface area contributed by atoms with Crippen LogP contribution in [0.2, 0.25) is 0 Å². The molecule has 6 heteroatoms. The van der Waals surface area contributed by atoms with Gasteiger partial charge in [0.1, 0.15) is 0 Å². The van der Waals surface area contributed by atoms with Crippen molar-refractivity contribution in [2.45, 2.75) is 18.6 Å². The summed E-state index contributed by atoms with van der Waals surface area (Å²) in [6, 6.07) is 0.474. The van der Waals surface area contributed by atoms with E-state index in [0.717, 1.165) is 23.9 Å². The van der Waals surface area contributed by atoms with Gasteiger partial charge in [0.2, 0.25) is 0 Å². The van der Waals surface area contributed by atoms with Crippen LogP contribution in [0.3, 0.4) is 0 Å². The van der Waals surface area contributed by atoms with Crippen molar-refractivity contribution in [3.8, 4) is 0 Å². The number of hydrogen-bond acceptors (Lipinski definition) is 5. The molecule has 2 unspecified atom stereocenters. The van der Waals surface area contributed by atoms with Gasteiger partial charge in [-0.2, -0.15) is 0 Å². The number of thioether (sulfide) groups is 1. The first-order chi connectivity index (χ1) is 8.30. The van der Waals surface area contributed by atoms with Gasteiger partial charge in [0.15, 0.2) is 5.17 Å². The van der Waals surface area contributed by atoms with Crippen molar-refractivity contribution in [3.63, 3.8) is 0 Å². The first kappa shape index (κ1) is 14.8. The van der Waals surface area contributed by atoms with Crippen molar-refractivity contribution in [2.24, 2.45) is 4.99 Å². The molecule has 0 aromatic rings. The molecule has 1 aliphatic heterocycles. The van der Waals surface area contributed by atoms with Gasteiger partial charge in [-0.15, -0.1) is 0 Å². The fraction of sp³-hybridized carbons (Fsp3) is 0.909. The van der Waals surface area contributed by atoms with Crippen LogP contribution in [0, 0.1) is 0 Å². The molecule has 1 heterocycles. The summed E-state index contributed by atoms with van der Waals surface area (Å²) < 4.78 is 15.4. The van der Waals surface area contributed by atoms with Gasteiger partial charge < -0.3 is 19.5 Å². The van der Waals surface area contributed by atoms with E-state index < -0.39 is 0 Å². The third kappa shape index (κ3) is 5.72. The highest BCUT2D eigenvalue weighted by Gasteiger charge is 2.20. The molecule has 1 rings (SSSR count). The molecule has 0 aliphatic carbocycles. The van der Waals surface area contributed by atoms with Crippen molar-refractivity contribution in [3.05, 3.63) is 0 Å². The highest BCUT2D eigenvalue weighted by molar-refractivity contribution is 8.14. The molecule has 0 spiro atoms. The molecule has 0 aromatic carbocycles. The molecule has 1 N–H and O–H groups in total. The number of amidine groups is 1. The number of ether oxygens (including phenoxy) is 3. The summed E-state index contributed by atoms with van der Waals surface area (Å²) in [4.78, 5) is 4.49. The maximum atomic E-state index is 5.25. The lowest BCUT2D eigenvalue weighted by molar-refractivity contribution is 0.0344. The molecular weight excluding hydrogens is 240 g/mol. The van der Waals surface area contributed by atoms with E-state index in [1.807, 2.05) is 0 Å². The summed E-state index contributed by atoms with van der Waals surface area (Å²) in [7, 11) is 5.08. The lowest BCUT2D eigenvalue weighted by atomic mass is 10.2. The molecule has 1 saturated heterocycles. The molecule has 0 amide bonds. The molecule has 17 heavy (non-hydrogen) atoms. The molecular formula is C11H22N2O3S. The van der Waals surface area contributed by atoms with E-state index in [0.29, 0.717) is 19.2 Å². The van der Waals surface area contributed by atoms with Gasteiger partial charge in [0, 0.05) is 39.7 Å². The Hall–Kier alpha value is -0.300. The molecule has 1 aliphatic rings. The highest BCUT2D eigenvalue weighted by atomic mass is 32.2. The summed E-state index contributed by atoms with van der Waals surface area (Å²) in [5, 5.41) is 4.39. The van der Waals surface area contributed by atoms with Gasteiger partial charge in [-0.05, 0) is 6.42 Å². The summed E-state index contributed by atoms with van der Waals surface area (Å²) in [6.45, 7) is 2.00. The Morgan fingerprint density at radius 1 is 1.41 bits per heavy atom. The van der Waals surface area contributed by atoms with E-state index in [1.54, 1.807) is 33.1 Å². The van der Waals surface area contributed by atoms with Crippen LogP contribution < -0.4 is 5.32 Å². The molecule has 5 nitrogen and oxygen atoms in total. The van der Waals surface area contributed by atoms with Gasteiger partial charge in [0.25, 0.3) is 0 Å². The number of methoxy groups -OCH3 is 3. The summed E-state index contributed by atoms with van der Waals surface area (Å²) >= 11 is 1.76. The zero-order valence-corrected chi connectivity index (χ0v) is 11.6. The van der Waals surface area contributed by atoms with Crippen LogP contribution in [0.15, 0.2) is 4.99 Å². The van der Waals surface area contributed by atoms with Crippen molar-refractivity contribution < 1.29 is 14.2 Å². The lowest BCUT2D eigenvalue weighted by Gasteiger charge is -2.12. The van der Waals surface area contributed by atoms with Gasteiger partial charge in [-0.1, -0.05) is 11.8 Å². The number of rotatable bonds is 8. The van der Waals surface area contributed by atoms with Crippen molar-refractivity contribution >= 4 is 16.9 Å². The third-order valence-corrected chi connectivity index (χ3v) is 3.63.